The van der Waals surface area contributed by atoms with Crippen LogP contribution in [0.15, 0.2) is 0 Å². The van der Waals surface area contributed by atoms with Gasteiger partial charge in [-0.3, -0.25) is 9.05 Å². The van der Waals surface area contributed by atoms with Crippen LogP contribution >= 0.6 is 7.82 Å². The van der Waals surface area contributed by atoms with E-state index in [1.165, 1.54) is 0 Å². The van der Waals surface area contributed by atoms with Gasteiger partial charge in [-0.25, -0.2) is 18.9 Å². The Kier molecular flexibility index (Phi) is 43.5. The number of phosphoric acid groups is 1. The van der Waals surface area contributed by atoms with E-state index < -0.39 is 479 Å². The van der Waals surface area contributed by atoms with E-state index in [4.69, 9.17) is 126 Å². The van der Waals surface area contributed by atoms with Crippen molar-refractivity contribution in [2.75, 3.05) is 79.2 Å². The second-order valence-corrected chi connectivity index (χ2v) is 37.6. The van der Waals surface area contributed by atoms with Crippen LogP contribution in [0.25, 0.3) is 0 Å². The van der Waals surface area contributed by atoms with Gasteiger partial charge in [0.1, 0.15) is 262 Å². The molecular weight excluding hydrogens is 2040 g/mol. The molecule has 69 nitrogen and oxygen atoms in total. The molecule has 0 saturated carbocycles. The molecule has 0 aliphatic carbocycles. The fourth-order valence-electron chi connectivity index (χ4n) is 17.9. The average molecular weight is 2170 g/mol. The van der Waals surface area contributed by atoms with Gasteiger partial charge in [-0.15, -0.1) is 0 Å². The molecule has 60 atom stereocenters. The van der Waals surface area contributed by atoms with Crippen LogP contribution in [0.4, 0.5) is 0 Å². The number of nitrogens with two attached hydrogens (primary N) is 3. The van der Waals surface area contributed by atoms with Crippen molar-refractivity contribution < 1.29 is 326 Å². The standard InChI is InChI=1S/C76H130N3O66P/c77-1-2-126-146(121,122)145-26(14-125-66-41(107)34(100)36(102)48(129-66)17(88)5-80)54-44(110)56(135-72-60(45(111)57(62(141-72)63(114)115)136-64-27(79)32(98)30(96)24(10-85)127-64)139-71-59(39(105)38(104)50(131-71)19(90)7-82)138-68-43(109)35(101)37(103)49(130-68)18(89)6-81)46(112)69(133-54)137-58-47(113)70(132-52(21(92)9-84)61(58)140-67-42(108)33(99)31(97)25(11-86)128-67)134-55-23(142-76(74(118)119)3-16(87)29(95)51(144-76)20(91)8-83)4-75(120,73(116)117)143-53(55)22(93)13-124-65-40(106)28(94)15(78)12-123-65/h15-62,64-72,80-113,120H,1-14,77-79H2,(H,114,115)(H,116,117)(H,118,119)(H,121,122)/t15-,16+,17-,18-,19?,20+,21-,22+,23+,24+,25+,26-,27+,28-,29+,30-,31+,32+,33-,34-,35-,36-,37-,38-,39-,40+,41-,42+,43-,44+,45-,46-,47-,48+,49+,50+,51+,52+,53+,54+,55+,56-,57+,58+,59-,60+,61+,62-,64+,65+,66-,67-,68+,69+,70+,71+,72-,75+,76+/m0/s1. The minimum absolute atomic E-state index is 0.636. The Balaban J connectivity index is 1.12. The van der Waals surface area contributed by atoms with Gasteiger partial charge in [0.15, 0.2) is 62.7 Å². The molecule has 146 heavy (non-hydrogen) atoms. The monoisotopic (exact) mass is 2170 g/mol. The van der Waals surface area contributed by atoms with E-state index in [1.54, 1.807) is 0 Å². The molecule has 45 N–H and O–H groups in total. The number of rotatable bonds is 44. The molecule has 0 spiro atoms. The van der Waals surface area contributed by atoms with Crippen LogP contribution in [-0.4, -0.2) is 657 Å². The summed E-state index contributed by atoms with van der Waals surface area (Å²) in [6.45, 7) is -15.4. The minimum atomic E-state index is -6.09. The Hall–Kier alpha value is -3.84. The van der Waals surface area contributed by atoms with Crippen molar-refractivity contribution in [1.82, 2.24) is 0 Å². The molecule has 0 aromatic heterocycles. The van der Waals surface area contributed by atoms with E-state index in [1.807, 2.05) is 0 Å². The third-order valence-electron chi connectivity index (χ3n) is 26.1. The molecular formula is C76H130N3O66P. The Labute approximate surface area is 820 Å². The number of aliphatic hydroxyl groups is 35. The van der Waals surface area contributed by atoms with Gasteiger partial charge in [-0.2, -0.15) is 0 Å². The molecule has 0 amide bonds. The van der Waals surface area contributed by atoms with E-state index in [9.17, 15) is 218 Å². The third kappa shape index (κ3) is 26.5. The Morgan fingerprint density at radius 3 is 1.34 bits per heavy atom. The number of carbonyl (C=O) groups is 3. The highest BCUT2D eigenvalue weighted by molar-refractivity contribution is 7.47. The van der Waals surface area contributed by atoms with E-state index in [0.29, 0.717) is 0 Å². The summed E-state index contributed by atoms with van der Waals surface area (Å²) in [4.78, 5) is 53.0. The van der Waals surface area contributed by atoms with Gasteiger partial charge >= 0.3 is 25.7 Å². The van der Waals surface area contributed by atoms with Crippen LogP contribution in [0.2, 0.25) is 0 Å². The summed E-state index contributed by atoms with van der Waals surface area (Å²) < 4.78 is 148. The van der Waals surface area contributed by atoms with Gasteiger partial charge in [0, 0.05) is 19.4 Å². The zero-order chi connectivity index (χ0) is 108. The normalized spacial score (nSPS) is 48.3. The zero-order valence-corrected chi connectivity index (χ0v) is 76.8. The van der Waals surface area contributed by atoms with Crippen molar-refractivity contribution in [3.8, 4) is 0 Å². The van der Waals surface area contributed by atoms with Crippen molar-refractivity contribution in [1.29, 1.82) is 0 Å². The number of aliphatic hydroxyl groups excluding tert-OH is 34. The van der Waals surface area contributed by atoms with Crippen molar-refractivity contribution in [2.24, 2.45) is 17.2 Å². The quantitative estimate of drug-likeness (QED) is 0.0252. The van der Waals surface area contributed by atoms with E-state index in [2.05, 4.69) is 0 Å². The number of aliphatic carboxylic acids is 3. The summed E-state index contributed by atoms with van der Waals surface area (Å²) in [6.07, 6.45) is -150. The molecule has 0 radical (unpaired) electrons. The number of phosphoric ester groups is 1. The van der Waals surface area contributed by atoms with E-state index in [-0.39, 0.29) is 0 Å². The molecule has 0 aromatic rings. The van der Waals surface area contributed by atoms with Crippen molar-refractivity contribution in [3.05, 3.63) is 0 Å². The largest absolute Gasteiger partial charge is 0.479 e. The molecule has 11 rings (SSSR count). The molecule has 70 heteroatoms. The summed E-state index contributed by atoms with van der Waals surface area (Å²) in [5.74, 6) is -14.9. The van der Waals surface area contributed by atoms with Gasteiger partial charge in [0.05, 0.1) is 97.0 Å². The second kappa shape index (κ2) is 51.9. The maximum atomic E-state index is 14.5. The van der Waals surface area contributed by atoms with Crippen LogP contribution in [-0.2, 0) is 127 Å². The highest BCUT2D eigenvalue weighted by atomic mass is 31.2. The van der Waals surface area contributed by atoms with E-state index in [0.717, 1.165) is 0 Å². The average Bonchev–Trinajstić information content (AvgIpc) is 0.743. The predicted molar refractivity (Wildman–Crippen MR) is 437 cm³/mol. The smallest absolute Gasteiger partial charge is 0.472 e. The van der Waals surface area contributed by atoms with Gasteiger partial charge in [-0.1, -0.05) is 0 Å². The zero-order valence-electron chi connectivity index (χ0n) is 76.0. The van der Waals surface area contributed by atoms with Crippen LogP contribution in [0.3, 0.4) is 0 Å². The number of carboxylic acid groups (broad SMARTS) is 3. The Morgan fingerprint density at radius 1 is 0.370 bits per heavy atom. The first-order chi connectivity index (χ1) is 68.6. The first-order valence-corrected chi connectivity index (χ1v) is 46.7. The van der Waals surface area contributed by atoms with Crippen LogP contribution in [0.5, 0.6) is 0 Å². The van der Waals surface area contributed by atoms with Crippen molar-refractivity contribution in [3.63, 3.8) is 0 Å². The maximum absolute atomic E-state index is 14.5. The van der Waals surface area contributed by atoms with Gasteiger partial charge in [0.2, 0.25) is 0 Å². The summed E-state index contributed by atoms with van der Waals surface area (Å²) in [7, 11) is -6.09. The molecule has 11 aliphatic heterocycles. The molecule has 11 saturated heterocycles. The minimum Gasteiger partial charge on any atom is -0.479 e. The Bertz CT molecular complexity index is 4090. The molecule has 11 fully saturated rings. The maximum Gasteiger partial charge on any atom is 0.472 e. The fourth-order valence-corrected chi connectivity index (χ4v) is 18.9. The highest BCUT2D eigenvalue weighted by Gasteiger charge is 2.67. The predicted octanol–water partition coefficient (Wildman–Crippen LogP) is -27.7. The van der Waals surface area contributed by atoms with Gasteiger partial charge in [0.25, 0.3) is 11.6 Å². The lowest BCUT2D eigenvalue weighted by Crippen LogP contribution is -2.71. The molecule has 11 heterocycles. The van der Waals surface area contributed by atoms with E-state index >= 15 is 0 Å². The molecule has 850 valence electrons. The lowest BCUT2D eigenvalue weighted by Gasteiger charge is -2.53. The van der Waals surface area contributed by atoms with Crippen LogP contribution in [0.1, 0.15) is 12.8 Å². The van der Waals surface area contributed by atoms with Crippen molar-refractivity contribution >= 4 is 25.7 Å². The molecule has 2 unspecified atom stereocenters. The lowest BCUT2D eigenvalue weighted by molar-refractivity contribution is -0.421. The number of hydrogen-bond donors (Lipinski definition) is 42. The molecule has 11 aliphatic rings. The first kappa shape index (κ1) is 122. The summed E-state index contributed by atoms with van der Waals surface area (Å²) in [6, 6.07) is -3.45. The van der Waals surface area contributed by atoms with Gasteiger partial charge in [-0.05, 0) is 0 Å². The molecule has 0 bridgehead atoms. The Morgan fingerprint density at radius 2 is 0.795 bits per heavy atom. The van der Waals surface area contributed by atoms with Crippen LogP contribution in [0, 0.1) is 0 Å². The third-order valence-corrected chi connectivity index (χ3v) is 27.2. The topological polar surface area (TPSA) is 1150 Å². The summed E-state index contributed by atoms with van der Waals surface area (Å²) in [5, 5.41) is 430. The number of carboxylic acids is 3. The van der Waals surface area contributed by atoms with Crippen LogP contribution < -0.4 is 17.2 Å². The van der Waals surface area contributed by atoms with Crippen molar-refractivity contribution in [2.45, 2.75) is 374 Å². The second-order valence-electron chi connectivity index (χ2n) is 36.2. The number of ether oxygens (including phenoxy) is 21. The lowest BCUT2D eigenvalue weighted by atomic mass is 9.89. The first-order valence-electron chi connectivity index (χ1n) is 45.2. The number of hydrogen-bond acceptors (Lipinski definition) is 65. The molecule has 0 aromatic carbocycles. The van der Waals surface area contributed by atoms with Gasteiger partial charge < -0.3 is 316 Å². The highest BCUT2D eigenvalue weighted by Crippen LogP contribution is 2.50. The fraction of sp³-hybridized carbons (Fsp3) is 0.961. The SMILES string of the molecule is NCCOP(=O)(O)O[C@@H](CO[C@H]1O[C@H]([C@@H](O)CO)[C@@H](O)[C@H](O)[C@@H]1O)[C@H]1O[C@H](O[C@@H]2[C@H](O)[C@@H](O[C@H]3[C@@H]([C@H](O)CO[C@H]4OC[C@H](N)[C@H](O)[C@H]4O)O[C@@](O)(C(=O)O)C[C@H]3O[C@]3(C(=O)O)C[C@@H](O)[C@@H](O)[C@@H]([C@H](O)CO)O3)O[C@H]([C@@H](O)CO)[C@H]2O[C@@H]2O[C@H](CO)[C@@H](O)[C@H](O)[C@H]2O)[C@@H](O)[C@@H](O[C@H]2O[C@H](C(=O)O)[C@H](O[C@H]3O[C@H](CO)[C@H](O)[C@H](O)[C@H]3N)[C@H](O)[C@H]2O[C@H]2O[C@H](C(O)CO)[C@@H](O)[C@H](O)[C@@H]2O[C@H]2O[C@H]([C@@H](O)CO)[C@@H](O)[C@H](O)[C@@H]2O)[C@@H]1O. The summed E-state index contributed by atoms with van der Waals surface area (Å²) >= 11 is 0. The summed E-state index contributed by atoms with van der Waals surface area (Å²) in [5.41, 5.74) is 17.7.